The zero-order valence-corrected chi connectivity index (χ0v) is 14.5. The van der Waals surface area contributed by atoms with Crippen LogP contribution in [0.4, 0.5) is 16.2 Å². The summed E-state index contributed by atoms with van der Waals surface area (Å²) in [6, 6.07) is 5.21. The third kappa shape index (κ3) is 4.79. The van der Waals surface area contributed by atoms with Crippen molar-refractivity contribution in [2.75, 3.05) is 24.7 Å². The molecule has 1 aromatic carbocycles. The van der Waals surface area contributed by atoms with Crippen LogP contribution in [0.15, 0.2) is 24.4 Å². The SMILES string of the molecule is Cc1cnc(CC(=O)Nc2ccc(C)c(NC(=O)N(C)C)c2)s1. The van der Waals surface area contributed by atoms with Crippen LogP contribution in [0.1, 0.15) is 15.4 Å². The fourth-order valence-corrected chi connectivity index (χ4v) is 2.67. The van der Waals surface area contributed by atoms with Gasteiger partial charge >= 0.3 is 6.03 Å². The van der Waals surface area contributed by atoms with Gasteiger partial charge in [0.15, 0.2) is 0 Å². The van der Waals surface area contributed by atoms with Crippen LogP contribution in [0, 0.1) is 13.8 Å². The average Bonchev–Trinajstić information content (AvgIpc) is 2.87. The van der Waals surface area contributed by atoms with Crippen LogP contribution in [0.3, 0.4) is 0 Å². The predicted octanol–water partition coefficient (Wildman–Crippen LogP) is 3.03. The lowest BCUT2D eigenvalue weighted by molar-refractivity contribution is -0.115. The predicted molar refractivity (Wildman–Crippen MR) is 93.1 cm³/mol. The third-order valence-corrected chi connectivity index (χ3v) is 4.06. The molecule has 7 heteroatoms. The Kier molecular flexibility index (Phi) is 5.33. The molecule has 2 N–H and O–H groups in total. The Morgan fingerprint density at radius 1 is 1.22 bits per heavy atom. The molecular weight excluding hydrogens is 312 g/mol. The van der Waals surface area contributed by atoms with Crippen molar-refractivity contribution in [1.82, 2.24) is 9.88 Å². The molecule has 0 bridgehead atoms. The van der Waals surface area contributed by atoms with Crippen LogP contribution in [0.25, 0.3) is 0 Å². The van der Waals surface area contributed by atoms with Gasteiger partial charge in [-0.3, -0.25) is 4.79 Å². The molecule has 122 valence electrons. The summed E-state index contributed by atoms with van der Waals surface area (Å²) in [4.78, 5) is 30.6. The highest BCUT2D eigenvalue weighted by Gasteiger charge is 2.10. The van der Waals surface area contributed by atoms with Gasteiger partial charge in [0.1, 0.15) is 5.01 Å². The Bertz CT molecular complexity index is 725. The summed E-state index contributed by atoms with van der Waals surface area (Å²) in [5.41, 5.74) is 2.24. The standard InChI is InChI=1S/C16H20N4O2S/c1-10-5-6-12(7-13(10)19-16(22)20(3)4)18-14(21)8-15-17-9-11(2)23-15/h5-7,9H,8H2,1-4H3,(H,18,21)(H,19,22). The lowest BCUT2D eigenvalue weighted by Gasteiger charge is -2.15. The molecule has 23 heavy (non-hydrogen) atoms. The van der Waals surface area contributed by atoms with E-state index >= 15 is 0 Å². The van der Waals surface area contributed by atoms with Gasteiger partial charge in [0.25, 0.3) is 0 Å². The number of benzene rings is 1. The molecule has 2 aromatic rings. The normalized spacial score (nSPS) is 10.3. The molecule has 0 saturated carbocycles. The Balaban J connectivity index is 2.05. The average molecular weight is 332 g/mol. The van der Waals surface area contributed by atoms with Crippen LogP contribution >= 0.6 is 11.3 Å². The van der Waals surface area contributed by atoms with Crippen LogP contribution in [0.2, 0.25) is 0 Å². The molecule has 0 fully saturated rings. The molecule has 0 spiro atoms. The van der Waals surface area contributed by atoms with E-state index in [0.29, 0.717) is 11.4 Å². The molecule has 0 aliphatic carbocycles. The quantitative estimate of drug-likeness (QED) is 0.904. The van der Waals surface area contributed by atoms with E-state index in [9.17, 15) is 9.59 Å². The lowest BCUT2D eigenvalue weighted by atomic mass is 10.1. The van der Waals surface area contributed by atoms with Gasteiger partial charge in [0.2, 0.25) is 5.91 Å². The molecule has 6 nitrogen and oxygen atoms in total. The maximum absolute atomic E-state index is 12.1. The minimum absolute atomic E-state index is 0.131. The van der Waals surface area contributed by atoms with Gasteiger partial charge in [-0.1, -0.05) is 6.07 Å². The first kappa shape index (κ1) is 17.0. The number of anilines is 2. The van der Waals surface area contributed by atoms with Crippen molar-refractivity contribution in [1.29, 1.82) is 0 Å². The lowest BCUT2D eigenvalue weighted by Crippen LogP contribution is -2.27. The molecule has 1 heterocycles. The number of aromatic nitrogens is 1. The number of amides is 3. The second-order valence-electron chi connectivity index (χ2n) is 5.44. The summed E-state index contributed by atoms with van der Waals surface area (Å²) in [5.74, 6) is -0.131. The van der Waals surface area contributed by atoms with E-state index in [1.165, 1.54) is 16.2 Å². The zero-order chi connectivity index (χ0) is 17.0. The van der Waals surface area contributed by atoms with E-state index in [1.807, 2.05) is 26.0 Å². The van der Waals surface area contributed by atoms with Crippen LogP contribution in [0.5, 0.6) is 0 Å². The first-order chi connectivity index (χ1) is 10.8. The highest BCUT2D eigenvalue weighted by molar-refractivity contribution is 7.11. The van der Waals surface area contributed by atoms with Crippen LogP contribution < -0.4 is 10.6 Å². The van der Waals surface area contributed by atoms with Gasteiger partial charge in [0, 0.05) is 36.5 Å². The molecular formula is C16H20N4O2S. The number of nitrogens with one attached hydrogen (secondary N) is 2. The smallest absolute Gasteiger partial charge is 0.321 e. The summed E-state index contributed by atoms with van der Waals surface area (Å²) in [7, 11) is 3.35. The fraction of sp³-hybridized carbons (Fsp3) is 0.312. The molecule has 0 radical (unpaired) electrons. The maximum atomic E-state index is 12.1. The Morgan fingerprint density at radius 3 is 2.57 bits per heavy atom. The van der Waals surface area contributed by atoms with Crippen LogP contribution in [-0.4, -0.2) is 35.9 Å². The van der Waals surface area contributed by atoms with Crippen molar-refractivity contribution in [2.45, 2.75) is 20.3 Å². The number of nitrogens with zero attached hydrogens (tertiary/aromatic N) is 2. The van der Waals surface area contributed by atoms with Crippen molar-refractivity contribution < 1.29 is 9.59 Å². The summed E-state index contributed by atoms with van der Waals surface area (Å²) < 4.78 is 0. The Morgan fingerprint density at radius 2 is 1.96 bits per heavy atom. The number of thiazole rings is 1. The summed E-state index contributed by atoms with van der Waals surface area (Å²) >= 11 is 1.51. The number of aryl methyl sites for hydroxylation is 2. The van der Waals surface area contributed by atoms with Crippen LogP contribution in [-0.2, 0) is 11.2 Å². The minimum atomic E-state index is -0.213. The molecule has 0 atom stereocenters. The molecule has 2 rings (SSSR count). The van der Waals surface area contributed by atoms with E-state index in [4.69, 9.17) is 0 Å². The van der Waals surface area contributed by atoms with E-state index in [-0.39, 0.29) is 18.4 Å². The van der Waals surface area contributed by atoms with Gasteiger partial charge in [-0.25, -0.2) is 9.78 Å². The summed E-state index contributed by atoms with van der Waals surface area (Å²) in [5, 5.41) is 6.42. The third-order valence-electron chi connectivity index (χ3n) is 3.15. The number of carbonyl (C=O) groups is 2. The minimum Gasteiger partial charge on any atom is -0.331 e. The Hall–Kier alpha value is -2.41. The van der Waals surface area contributed by atoms with Crippen molar-refractivity contribution in [3.63, 3.8) is 0 Å². The van der Waals surface area contributed by atoms with Gasteiger partial charge in [-0.15, -0.1) is 11.3 Å². The first-order valence-electron chi connectivity index (χ1n) is 7.15. The summed E-state index contributed by atoms with van der Waals surface area (Å²) in [6.45, 7) is 3.86. The monoisotopic (exact) mass is 332 g/mol. The number of urea groups is 1. The fourth-order valence-electron chi connectivity index (χ4n) is 1.89. The second-order valence-corrected chi connectivity index (χ2v) is 6.76. The zero-order valence-electron chi connectivity index (χ0n) is 13.6. The Labute approximate surface area is 139 Å². The van der Waals surface area contributed by atoms with Crippen molar-refractivity contribution in [3.05, 3.63) is 39.8 Å². The molecule has 1 aromatic heterocycles. The second kappa shape index (κ2) is 7.23. The van der Waals surface area contributed by atoms with Gasteiger partial charge in [0.05, 0.1) is 6.42 Å². The number of carbonyl (C=O) groups excluding carboxylic acids is 2. The van der Waals surface area contributed by atoms with E-state index in [0.717, 1.165) is 15.4 Å². The molecule has 0 aliphatic heterocycles. The topological polar surface area (TPSA) is 74.3 Å². The maximum Gasteiger partial charge on any atom is 0.321 e. The van der Waals surface area contributed by atoms with Gasteiger partial charge in [-0.2, -0.15) is 0 Å². The number of rotatable bonds is 4. The summed E-state index contributed by atoms with van der Waals surface area (Å²) in [6.07, 6.45) is 2.00. The van der Waals surface area contributed by atoms with Crippen molar-refractivity contribution in [2.24, 2.45) is 0 Å². The van der Waals surface area contributed by atoms with E-state index in [1.54, 1.807) is 26.4 Å². The molecule has 3 amide bonds. The highest BCUT2D eigenvalue weighted by atomic mass is 32.1. The van der Waals surface area contributed by atoms with Crippen molar-refractivity contribution >= 4 is 34.6 Å². The van der Waals surface area contributed by atoms with E-state index in [2.05, 4.69) is 15.6 Å². The highest BCUT2D eigenvalue weighted by Crippen LogP contribution is 2.21. The molecule has 0 aliphatic rings. The van der Waals surface area contributed by atoms with Gasteiger partial charge in [-0.05, 0) is 31.5 Å². The van der Waals surface area contributed by atoms with E-state index < -0.39 is 0 Å². The molecule has 0 saturated heterocycles. The van der Waals surface area contributed by atoms with Gasteiger partial charge < -0.3 is 15.5 Å². The number of hydrogen-bond acceptors (Lipinski definition) is 4. The molecule has 0 unspecified atom stereocenters. The number of hydrogen-bond donors (Lipinski definition) is 2. The largest absolute Gasteiger partial charge is 0.331 e. The van der Waals surface area contributed by atoms with Crippen molar-refractivity contribution in [3.8, 4) is 0 Å². The first-order valence-corrected chi connectivity index (χ1v) is 7.97.